The summed E-state index contributed by atoms with van der Waals surface area (Å²) in [5.41, 5.74) is 3.25. The molecule has 8 nitrogen and oxygen atoms in total. The lowest BCUT2D eigenvalue weighted by Crippen LogP contribution is -2.53. The zero-order valence-electron chi connectivity index (χ0n) is 21.7. The number of carbonyl (C=O) groups is 3. The summed E-state index contributed by atoms with van der Waals surface area (Å²) >= 11 is 0. The van der Waals surface area contributed by atoms with Crippen molar-refractivity contribution in [2.75, 3.05) is 13.1 Å². The van der Waals surface area contributed by atoms with Crippen LogP contribution in [0.5, 0.6) is 5.75 Å². The number of aliphatic hydroxyl groups excluding tert-OH is 1. The first-order valence-corrected chi connectivity index (χ1v) is 13.0. The summed E-state index contributed by atoms with van der Waals surface area (Å²) < 4.78 is 5.73. The lowest BCUT2D eigenvalue weighted by atomic mass is 10.0. The predicted molar refractivity (Wildman–Crippen MR) is 144 cm³/mol. The van der Waals surface area contributed by atoms with E-state index in [0.717, 1.165) is 41.2 Å². The molecule has 0 radical (unpaired) electrons. The fourth-order valence-corrected chi connectivity index (χ4v) is 4.80. The minimum absolute atomic E-state index is 0.0130. The number of carboxylic acids is 1. The smallest absolute Gasteiger partial charge is 0.334 e. The van der Waals surface area contributed by atoms with E-state index in [9.17, 15) is 19.5 Å². The zero-order valence-corrected chi connectivity index (χ0v) is 21.7. The molecule has 2 amide bonds. The van der Waals surface area contributed by atoms with Crippen LogP contribution in [-0.2, 0) is 28.9 Å². The number of nitrogens with zero attached hydrogens (tertiary/aromatic N) is 1. The van der Waals surface area contributed by atoms with Crippen LogP contribution >= 0.6 is 0 Å². The Bertz CT molecular complexity index is 1320. The van der Waals surface area contributed by atoms with Crippen LogP contribution in [-0.4, -0.2) is 58.3 Å². The van der Waals surface area contributed by atoms with Crippen molar-refractivity contribution in [2.24, 2.45) is 5.92 Å². The number of amides is 2. The van der Waals surface area contributed by atoms with Gasteiger partial charge >= 0.3 is 18.0 Å². The molecule has 1 aliphatic rings. The first-order chi connectivity index (χ1) is 18.2. The largest absolute Gasteiger partial charge is 0.479 e. The minimum Gasteiger partial charge on any atom is -0.479 e. The Balaban J connectivity index is 1.57. The molecule has 0 saturated heterocycles. The maximum Gasteiger partial charge on any atom is 0.334 e. The number of esters is 1. The first-order valence-electron chi connectivity index (χ1n) is 13.0. The van der Waals surface area contributed by atoms with E-state index in [1.807, 2.05) is 68.4 Å². The molecule has 0 fully saturated rings. The summed E-state index contributed by atoms with van der Waals surface area (Å²) in [7, 11) is 0. The van der Waals surface area contributed by atoms with Crippen molar-refractivity contribution in [3.63, 3.8) is 0 Å². The van der Waals surface area contributed by atoms with Crippen molar-refractivity contribution in [3.05, 3.63) is 77.4 Å². The molecule has 0 saturated carbocycles. The molecule has 38 heavy (non-hydrogen) atoms. The lowest BCUT2D eigenvalue weighted by Gasteiger charge is -2.28. The van der Waals surface area contributed by atoms with Gasteiger partial charge in [0.2, 0.25) is 0 Å². The van der Waals surface area contributed by atoms with Crippen LogP contribution < -0.4 is 10.1 Å². The van der Waals surface area contributed by atoms with Crippen molar-refractivity contribution < 1.29 is 29.3 Å². The van der Waals surface area contributed by atoms with Gasteiger partial charge in [0.25, 0.3) is 0 Å². The highest BCUT2D eigenvalue weighted by Gasteiger charge is 2.29. The van der Waals surface area contributed by atoms with Crippen LogP contribution in [0, 0.1) is 5.92 Å². The van der Waals surface area contributed by atoms with E-state index in [2.05, 4.69) is 5.32 Å². The summed E-state index contributed by atoms with van der Waals surface area (Å²) in [6.45, 7) is 3.56. The van der Waals surface area contributed by atoms with Crippen LogP contribution in [0.15, 0.2) is 60.7 Å². The second kappa shape index (κ2) is 12.1. The number of hydrogen-bond acceptors (Lipinski definition) is 5. The fourth-order valence-electron chi connectivity index (χ4n) is 4.80. The van der Waals surface area contributed by atoms with Gasteiger partial charge in [-0.3, -0.25) is 0 Å². The van der Waals surface area contributed by atoms with E-state index in [1.165, 1.54) is 10.5 Å². The molecule has 4 rings (SSSR count). The van der Waals surface area contributed by atoms with Gasteiger partial charge in [0.1, 0.15) is 11.8 Å². The number of hydrogen-bond donors (Lipinski definition) is 3. The normalized spacial score (nSPS) is 14.1. The van der Waals surface area contributed by atoms with Crippen molar-refractivity contribution >= 4 is 28.7 Å². The number of nitrogens with one attached hydrogen (secondary N) is 1. The summed E-state index contributed by atoms with van der Waals surface area (Å²) in [5.74, 6) is -1.60. The number of fused-ring (bicyclic) bond motifs is 2. The van der Waals surface area contributed by atoms with Crippen LogP contribution in [0.4, 0.5) is 4.79 Å². The molecule has 3 N–H and O–H groups in total. The van der Waals surface area contributed by atoms with Crippen LogP contribution in [0.3, 0.4) is 0 Å². The number of ether oxygens (including phenoxy) is 1. The number of rotatable bonds is 10. The van der Waals surface area contributed by atoms with Crippen LogP contribution in [0.1, 0.15) is 37.0 Å². The maximum atomic E-state index is 13.4. The van der Waals surface area contributed by atoms with Crippen molar-refractivity contribution in [3.8, 4) is 5.75 Å². The van der Waals surface area contributed by atoms with Crippen molar-refractivity contribution in [1.29, 1.82) is 0 Å². The van der Waals surface area contributed by atoms with Crippen LogP contribution in [0.25, 0.3) is 10.8 Å². The van der Waals surface area contributed by atoms with Crippen molar-refractivity contribution in [1.82, 2.24) is 10.2 Å². The Hall–Kier alpha value is -3.91. The number of carbonyl (C=O) groups excluding carboxylic acids is 2. The summed E-state index contributed by atoms with van der Waals surface area (Å²) in [4.78, 5) is 39.1. The molecule has 200 valence electrons. The summed E-state index contributed by atoms with van der Waals surface area (Å²) in [5, 5.41) is 23.9. The predicted octanol–water partition coefficient (Wildman–Crippen LogP) is 3.96. The molecule has 3 aromatic carbocycles. The second-order valence-electron chi connectivity index (χ2n) is 10.2. The van der Waals surface area contributed by atoms with E-state index in [0.29, 0.717) is 5.75 Å². The molecule has 2 unspecified atom stereocenters. The van der Waals surface area contributed by atoms with Gasteiger partial charge in [0.15, 0.2) is 6.10 Å². The zero-order chi connectivity index (χ0) is 27.2. The molecule has 8 heteroatoms. The third-order valence-corrected chi connectivity index (χ3v) is 6.68. The Labute approximate surface area is 222 Å². The van der Waals surface area contributed by atoms with Crippen LogP contribution in [0.2, 0.25) is 0 Å². The van der Waals surface area contributed by atoms with Gasteiger partial charge < -0.3 is 25.2 Å². The molecule has 0 aliphatic heterocycles. The van der Waals surface area contributed by atoms with Gasteiger partial charge in [-0.1, -0.05) is 62.4 Å². The average molecular weight is 519 g/mol. The Morgan fingerprint density at radius 1 is 0.947 bits per heavy atom. The number of aliphatic carboxylic acids is 1. The number of benzene rings is 3. The molecule has 3 aromatic rings. The van der Waals surface area contributed by atoms with E-state index in [-0.39, 0.29) is 18.9 Å². The van der Waals surface area contributed by atoms with Gasteiger partial charge in [0.05, 0.1) is 6.54 Å². The van der Waals surface area contributed by atoms with Gasteiger partial charge in [-0.15, -0.1) is 0 Å². The Morgan fingerprint density at radius 2 is 1.68 bits per heavy atom. The highest BCUT2D eigenvalue weighted by atomic mass is 16.5. The standard InChI is InChI=1S/C30H34N2O6/c1-19(2)17-32(18-27(33)28(34)35)30(37)31-26(15-20-10-11-21-6-3-4-7-23(21)14-20)29(36)38-25-13-12-22-8-5-9-24(22)16-25/h3-4,6-7,10-14,16,19,26-27,33H,5,8-9,15,17-18H2,1-2H3,(H,31,37)(H,34,35). The highest BCUT2D eigenvalue weighted by Crippen LogP contribution is 2.26. The average Bonchev–Trinajstić information content (AvgIpc) is 3.35. The molecule has 2 atom stereocenters. The quantitative estimate of drug-likeness (QED) is 0.276. The third-order valence-electron chi connectivity index (χ3n) is 6.68. The fraction of sp³-hybridized carbons (Fsp3) is 0.367. The van der Waals surface area contributed by atoms with Gasteiger partial charge in [0, 0.05) is 13.0 Å². The molecular weight excluding hydrogens is 484 g/mol. The number of urea groups is 1. The van der Waals surface area contributed by atoms with Gasteiger partial charge in [-0.25, -0.2) is 14.4 Å². The number of aliphatic hydroxyl groups is 1. The summed E-state index contributed by atoms with van der Waals surface area (Å²) in [6, 6.07) is 17.6. The van der Waals surface area contributed by atoms with Gasteiger partial charge in [-0.05, 0) is 64.8 Å². The van der Waals surface area contributed by atoms with E-state index < -0.39 is 36.7 Å². The first kappa shape index (κ1) is 27.1. The minimum atomic E-state index is -1.74. The molecule has 0 bridgehead atoms. The number of carboxylic acid groups (broad SMARTS) is 1. The number of aryl methyl sites for hydroxylation is 2. The monoisotopic (exact) mass is 518 g/mol. The molecular formula is C30H34N2O6. The second-order valence-corrected chi connectivity index (χ2v) is 10.2. The molecule has 1 aliphatic carbocycles. The van der Waals surface area contributed by atoms with Crippen molar-refractivity contribution in [2.45, 2.75) is 51.7 Å². The highest BCUT2D eigenvalue weighted by molar-refractivity contribution is 5.86. The van der Waals surface area contributed by atoms with E-state index >= 15 is 0 Å². The van der Waals surface area contributed by atoms with Gasteiger partial charge in [-0.2, -0.15) is 0 Å². The third kappa shape index (κ3) is 6.89. The maximum absolute atomic E-state index is 13.4. The molecule has 0 heterocycles. The SMILES string of the molecule is CC(C)CN(CC(O)C(=O)O)C(=O)NC(Cc1ccc2ccccc2c1)C(=O)Oc1ccc2c(c1)CCC2. The lowest BCUT2D eigenvalue weighted by molar-refractivity contribution is -0.147. The topological polar surface area (TPSA) is 116 Å². The molecule has 0 spiro atoms. The van der Waals surface area contributed by atoms with E-state index in [4.69, 9.17) is 9.84 Å². The summed E-state index contributed by atoms with van der Waals surface area (Å²) in [6.07, 6.45) is 1.46. The molecule has 0 aromatic heterocycles. The Kier molecular flexibility index (Phi) is 8.63. The van der Waals surface area contributed by atoms with E-state index in [1.54, 1.807) is 6.07 Å². The Morgan fingerprint density at radius 3 is 2.42 bits per heavy atom.